The zero-order valence-electron chi connectivity index (χ0n) is 16.7. The first-order valence-corrected chi connectivity index (χ1v) is 10.9. The zero-order valence-corrected chi connectivity index (χ0v) is 17.5. The molecule has 0 spiro atoms. The summed E-state index contributed by atoms with van der Waals surface area (Å²) in [5.74, 6) is 0.0886. The van der Waals surface area contributed by atoms with Gasteiger partial charge < -0.3 is 10.6 Å². The molecule has 0 saturated heterocycles. The fourth-order valence-electron chi connectivity index (χ4n) is 3.10. The average Bonchev–Trinajstić information content (AvgIpc) is 2.62. The smallest absolute Gasteiger partial charge is 0.224 e. The van der Waals surface area contributed by atoms with E-state index in [2.05, 4.69) is 17.6 Å². The Labute approximate surface area is 165 Å². The first kappa shape index (κ1) is 22.8. The summed E-state index contributed by atoms with van der Waals surface area (Å²) in [6, 6.07) is 5.56. The molecule has 148 valence electrons. The summed E-state index contributed by atoms with van der Waals surface area (Å²) in [5, 5.41) is 6.84. The molecule has 0 fully saturated rings. The van der Waals surface area contributed by atoms with Crippen LogP contribution < -0.4 is 10.6 Å². The van der Waals surface area contributed by atoms with Gasteiger partial charge in [-0.1, -0.05) is 82.7 Å². The third kappa shape index (κ3) is 10.7. The van der Waals surface area contributed by atoms with Crippen LogP contribution >= 0.6 is 11.6 Å². The van der Waals surface area contributed by atoms with E-state index in [4.69, 9.17) is 11.6 Å². The topological polar surface area (TPSA) is 41.1 Å². The third-order valence-corrected chi connectivity index (χ3v) is 4.95. The number of benzene rings is 1. The largest absolute Gasteiger partial charge is 0.384 e. The number of amides is 1. The molecule has 0 atom stereocenters. The highest BCUT2D eigenvalue weighted by molar-refractivity contribution is 6.33. The summed E-state index contributed by atoms with van der Waals surface area (Å²) in [5.41, 5.74) is 1.67. The van der Waals surface area contributed by atoms with Crippen LogP contribution in [0.5, 0.6) is 0 Å². The normalized spacial score (nSPS) is 10.7. The SMILES string of the molecule is CCCCCCCCCCCCCC(=O)Nc1ccc(Cl)c(NCC)c1. The van der Waals surface area contributed by atoms with Gasteiger partial charge in [-0.25, -0.2) is 0 Å². The highest BCUT2D eigenvalue weighted by Gasteiger charge is 2.05. The molecule has 1 amide bonds. The van der Waals surface area contributed by atoms with Crippen molar-refractivity contribution in [3.05, 3.63) is 23.2 Å². The van der Waals surface area contributed by atoms with E-state index in [-0.39, 0.29) is 5.91 Å². The van der Waals surface area contributed by atoms with E-state index in [1.807, 2.05) is 25.1 Å². The Bertz CT molecular complexity index is 505. The number of anilines is 2. The number of nitrogens with one attached hydrogen (secondary N) is 2. The molecule has 0 bridgehead atoms. The molecule has 3 nitrogen and oxygen atoms in total. The van der Waals surface area contributed by atoms with Crippen LogP contribution in [-0.2, 0) is 4.79 Å². The van der Waals surface area contributed by atoms with Crippen molar-refractivity contribution in [2.75, 3.05) is 17.2 Å². The Morgan fingerprint density at radius 3 is 2.04 bits per heavy atom. The van der Waals surface area contributed by atoms with E-state index in [9.17, 15) is 4.79 Å². The second-order valence-electron chi connectivity index (χ2n) is 7.06. The van der Waals surface area contributed by atoms with E-state index in [1.165, 1.54) is 57.8 Å². The van der Waals surface area contributed by atoms with Crippen molar-refractivity contribution < 1.29 is 4.79 Å². The predicted molar refractivity (Wildman–Crippen MR) is 115 cm³/mol. The van der Waals surface area contributed by atoms with Crippen molar-refractivity contribution in [1.82, 2.24) is 0 Å². The molecule has 2 N–H and O–H groups in total. The van der Waals surface area contributed by atoms with E-state index in [1.54, 1.807) is 0 Å². The molecule has 0 unspecified atom stereocenters. The molecular formula is C22H37ClN2O. The molecule has 0 aliphatic heterocycles. The van der Waals surface area contributed by atoms with Gasteiger partial charge in [0.25, 0.3) is 0 Å². The lowest BCUT2D eigenvalue weighted by atomic mass is 10.1. The van der Waals surface area contributed by atoms with Gasteiger partial charge in [0.2, 0.25) is 5.91 Å². The minimum absolute atomic E-state index is 0.0886. The Morgan fingerprint density at radius 1 is 0.885 bits per heavy atom. The maximum atomic E-state index is 12.1. The van der Waals surface area contributed by atoms with Crippen LogP contribution in [0.25, 0.3) is 0 Å². The van der Waals surface area contributed by atoms with Gasteiger partial charge in [0.15, 0.2) is 0 Å². The van der Waals surface area contributed by atoms with Crippen molar-refractivity contribution >= 4 is 28.9 Å². The van der Waals surface area contributed by atoms with Crippen LogP contribution in [0.4, 0.5) is 11.4 Å². The van der Waals surface area contributed by atoms with Gasteiger partial charge in [0, 0.05) is 18.7 Å². The van der Waals surface area contributed by atoms with Gasteiger partial charge in [-0.3, -0.25) is 4.79 Å². The molecule has 0 radical (unpaired) electrons. The molecule has 1 aromatic carbocycles. The molecule has 4 heteroatoms. The molecule has 1 aromatic rings. The molecule has 0 aliphatic carbocycles. The lowest BCUT2D eigenvalue weighted by Crippen LogP contribution is -2.11. The maximum Gasteiger partial charge on any atom is 0.224 e. The lowest BCUT2D eigenvalue weighted by molar-refractivity contribution is -0.116. The highest BCUT2D eigenvalue weighted by Crippen LogP contribution is 2.25. The lowest BCUT2D eigenvalue weighted by Gasteiger charge is -2.10. The first-order valence-electron chi connectivity index (χ1n) is 10.5. The van der Waals surface area contributed by atoms with Crippen molar-refractivity contribution in [3.63, 3.8) is 0 Å². The fourth-order valence-corrected chi connectivity index (χ4v) is 3.29. The van der Waals surface area contributed by atoms with Crippen LogP contribution in [0.3, 0.4) is 0 Å². The van der Waals surface area contributed by atoms with Crippen LogP contribution in [0.1, 0.15) is 90.9 Å². The monoisotopic (exact) mass is 380 g/mol. The van der Waals surface area contributed by atoms with E-state index in [0.717, 1.165) is 30.8 Å². The van der Waals surface area contributed by atoms with Gasteiger partial charge in [-0.2, -0.15) is 0 Å². The molecule has 1 rings (SSSR count). The van der Waals surface area contributed by atoms with Crippen LogP contribution in [0, 0.1) is 0 Å². The maximum absolute atomic E-state index is 12.1. The van der Waals surface area contributed by atoms with Gasteiger partial charge in [-0.05, 0) is 31.5 Å². The summed E-state index contributed by atoms with van der Waals surface area (Å²) < 4.78 is 0. The Kier molecular flexibility index (Phi) is 13.1. The number of rotatable bonds is 15. The van der Waals surface area contributed by atoms with Crippen molar-refractivity contribution in [2.24, 2.45) is 0 Å². The standard InChI is InChI=1S/C22H37ClN2O/c1-3-5-6-7-8-9-10-11-12-13-14-15-22(26)25-19-16-17-20(23)21(18-19)24-4-2/h16-18,24H,3-15H2,1-2H3,(H,25,26). The summed E-state index contributed by atoms with van der Waals surface area (Å²) in [4.78, 5) is 12.1. The fraction of sp³-hybridized carbons (Fsp3) is 0.682. The van der Waals surface area contributed by atoms with E-state index >= 15 is 0 Å². The summed E-state index contributed by atoms with van der Waals surface area (Å²) >= 11 is 6.12. The van der Waals surface area contributed by atoms with Crippen molar-refractivity contribution in [2.45, 2.75) is 90.9 Å². The Morgan fingerprint density at radius 2 is 1.46 bits per heavy atom. The molecule has 0 heterocycles. The molecule has 0 saturated carbocycles. The number of hydrogen-bond acceptors (Lipinski definition) is 2. The van der Waals surface area contributed by atoms with Gasteiger partial charge in [0.05, 0.1) is 10.7 Å². The zero-order chi connectivity index (χ0) is 19.0. The van der Waals surface area contributed by atoms with Gasteiger partial charge >= 0.3 is 0 Å². The van der Waals surface area contributed by atoms with Gasteiger partial charge in [-0.15, -0.1) is 0 Å². The Balaban J connectivity index is 2.06. The second kappa shape index (κ2) is 14.9. The quantitative estimate of drug-likeness (QED) is 0.311. The third-order valence-electron chi connectivity index (χ3n) is 4.62. The van der Waals surface area contributed by atoms with Crippen LogP contribution in [0.2, 0.25) is 5.02 Å². The van der Waals surface area contributed by atoms with E-state index in [0.29, 0.717) is 11.4 Å². The van der Waals surface area contributed by atoms with Crippen molar-refractivity contribution in [3.8, 4) is 0 Å². The number of halogens is 1. The summed E-state index contributed by atoms with van der Waals surface area (Å²) in [6.45, 7) is 5.08. The second-order valence-corrected chi connectivity index (χ2v) is 7.47. The number of carbonyl (C=O) groups excluding carboxylic acids is 1. The average molecular weight is 381 g/mol. The summed E-state index contributed by atoms with van der Waals surface area (Å²) in [7, 11) is 0. The van der Waals surface area contributed by atoms with E-state index < -0.39 is 0 Å². The predicted octanol–water partition coefficient (Wildman–Crippen LogP) is 7.41. The molecule has 0 aliphatic rings. The molecular weight excluding hydrogens is 344 g/mol. The molecule has 0 aromatic heterocycles. The number of unbranched alkanes of at least 4 members (excludes halogenated alkanes) is 10. The van der Waals surface area contributed by atoms with Crippen molar-refractivity contribution in [1.29, 1.82) is 0 Å². The highest BCUT2D eigenvalue weighted by atomic mass is 35.5. The number of carbonyl (C=O) groups is 1. The van der Waals surface area contributed by atoms with Crippen LogP contribution in [-0.4, -0.2) is 12.5 Å². The van der Waals surface area contributed by atoms with Crippen LogP contribution in [0.15, 0.2) is 18.2 Å². The number of hydrogen-bond donors (Lipinski definition) is 2. The van der Waals surface area contributed by atoms with Gasteiger partial charge in [0.1, 0.15) is 0 Å². The molecule has 26 heavy (non-hydrogen) atoms. The first-order chi connectivity index (χ1) is 12.7. The minimum atomic E-state index is 0.0886. The minimum Gasteiger partial charge on any atom is -0.384 e. The Hall–Kier alpha value is -1.22. The summed E-state index contributed by atoms with van der Waals surface area (Å²) in [6.07, 6.45) is 14.9.